The summed E-state index contributed by atoms with van der Waals surface area (Å²) >= 11 is 0. The molecule has 2 atom stereocenters. The summed E-state index contributed by atoms with van der Waals surface area (Å²) in [4.78, 5) is 23.9. The monoisotopic (exact) mass is 260 g/mol. The first-order valence-electron chi connectivity index (χ1n) is 6.90. The molecule has 2 nitrogen and oxygen atoms in total. The average molecular weight is 260 g/mol. The molecule has 0 saturated heterocycles. The maximum Gasteiger partial charge on any atom is 0.156 e. The van der Waals surface area contributed by atoms with Crippen LogP contribution in [0, 0.1) is 11.8 Å². The molecule has 0 spiro atoms. The van der Waals surface area contributed by atoms with Crippen LogP contribution < -0.4 is 0 Å². The van der Waals surface area contributed by atoms with Crippen molar-refractivity contribution in [1.29, 1.82) is 0 Å². The van der Waals surface area contributed by atoms with Gasteiger partial charge in [0.1, 0.15) is 0 Å². The molecule has 3 aliphatic carbocycles. The molecule has 0 heterocycles. The van der Waals surface area contributed by atoms with Gasteiger partial charge in [-0.3, -0.25) is 9.59 Å². The fourth-order valence-electron chi connectivity index (χ4n) is 3.91. The summed E-state index contributed by atoms with van der Waals surface area (Å²) in [7, 11) is -1.59. The minimum absolute atomic E-state index is 0.253. The fraction of sp³-hybridized carbons (Fsp3) is 0.600. The molecule has 96 valence electrons. The lowest BCUT2D eigenvalue weighted by atomic mass is 9.88. The zero-order chi connectivity index (χ0) is 13.1. The van der Waals surface area contributed by atoms with Crippen LogP contribution in [-0.4, -0.2) is 19.6 Å². The lowest BCUT2D eigenvalue weighted by Crippen LogP contribution is -2.29. The van der Waals surface area contributed by atoms with Crippen molar-refractivity contribution >= 4 is 19.6 Å². The average Bonchev–Trinajstić information content (AvgIpc) is 2.71. The van der Waals surface area contributed by atoms with Gasteiger partial charge in [-0.2, -0.15) is 0 Å². The van der Waals surface area contributed by atoms with Crippen molar-refractivity contribution in [2.24, 2.45) is 11.8 Å². The van der Waals surface area contributed by atoms with Crippen LogP contribution in [0.3, 0.4) is 0 Å². The SMILES string of the molecule is C[Si](C)(C)C1=C2C3=CC(=O)CC[C@H]3C[C@H]2CC1=O. The molecule has 0 unspecified atom stereocenters. The van der Waals surface area contributed by atoms with E-state index in [2.05, 4.69) is 19.6 Å². The van der Waals surface area contributed by atoms with Crippen LogP contribution in [0.1, 0.15) is 25.7 Å². The quantitative estimate of drug-likeness (QED) is 0.679. The van der Waals surface area contributed by atoms with Crippen molar-refractivity contribution in [3.05, 3.63) is 22.4 Å². The Hall–Kier alpha value is -0.963. The Kier molecular flexibility index (Phi) is 2.53. The van der Waals surface area contributed by atoms with Crippen LogP contribution in [0.15, 0.2) is 22.4 Å². The smallest absolute Gasteiger partial charge is 0.156 e. The van der Waals surface area contributed by atoms with Crippen molar-refractivity contribution in [2.75, 3.05) is 0 Å². The van der Waals surface area contributed by atoms with Crippen molar-refractivity contribution < 1.29 is 9.59 Å². The molecule has 3 rings (SSSR count). The van der Waals surface area contributed by atoms with Crippen molar-refractivity contribution in [1.82, 2.24) is 0 Å². The number of hydrogen-bond donors (Lipinski definition) is 0. The summed E-state index contributed by atoms with van der Waals surface area (Å²) in [6.07, 6.45) is 5.36. The van der Waals surface area contributed by atoms with Gasteiger partial charge in [0.15, 0.2) is 11.6 Å². The summed E-state index contributed by atoms with van der Waals surface area (Å²) in [5.74, 6) is 1.61. The van der Waals surface area contributed by atoms with E-state index in [0.29, 0.717) is 30.5 Å². The lowest BCUT2D eigenvalue weighted by molar-refractivity contribution is -0.116. The van der Waals surface area contributed by atoms with E-state index in [1.165, 1.54) is 11.1 Å². The molecule has 0 aromatic heterocycles. The van der Waals surface area contributed by atoms with Crippen molar-refractivity contribution in [2.45, 2.75) is 45.3 Å². The first-order chi connectivity index (χ1) is 8.38. The zero-order valence-electron chi connectivity index (χ0n) is 11.4. The number of carbonyl (C=O) groups excluding carboxylic acids is 2. The van der Waals surface area contributed by atoms with E-state index in [4.69, 9.17) is 0 Å². The molecule has 3 aliphatic rings. The van der Waals surface area contributed by atoms with Gasteiger partial charge in [0.25, 0.3) is 0 Å². The van der Waals surface area contributed by atoms with Crippen LogP contribution >= 0.6 is 0 Å². The van der Waals surface area contributed by atoms with Gasteiger partial charge >= 0.3 is 0 Å². The molecule has 18 heavy (non-hydrogen) atoms. The van der Waals surface area contributed by atoms with E-state index in [9.17, 15) is 9.59 Å². The van der Waals surface area contributed by atoms with E-state index < -0.39 is 8.07 Å². The number of fused-ring (bicyclic) bond motifs is 3. The molecule has 0 amide bonds. The van der Waals surface area contributed by atoms with E-state index in [1.54, 1.807) is 0 Å². The third-order valence-corrected chi connectivity index (χ3v) is 6.56. The second kappa shape index (κ2) is 3.76. The van der Waals surface area contributed by atoms with Crippen molar-refractivity contribution in [3.63, 3.8) is 0 Å². The van der Waals surface area contributed by atoms with Crippen LogP contribution in [0.5, 0.6) is 0 Å². The van der Waals surface area contributed by atoms with E-state index in [1.807, 2.05) is 6.08 Å². The summed E-state index contributed by atoms with van der Waals surface area (Å²) in [6, 6.07) is 0. The largest absolute Gasteiger partial charge is 0.295 e. The predicted molar refractivity (Wildman–Crippen MR) is 73.9 cm³/mol. The summed E-state index contributed by atoms with van der Waals surface area (Å²) in [5.41, 5.74) is 2.54. The normalized spacial score (nSPS) is 31.6. The molecule has 0 radical (unpaired) electrons. The number of ketones is 2. The molecule has 1 saturated carbocycles. The Morgan fingerprint density at radius 2 is 1.89 bits per heavy atom. The van der Waals surface area contributed by atoms with Gasteiger partial charge in [0.2, 0.25) is 0 Å². The Morgan fingerprint density at radius 1 is 1.17 bits per heavy atom. The van der Waals surface area contributed by atoms with Crippen LogP contribution in [0.2, 0.25) is 19.6 Å². The first-order valence-corrected chi connectivity index (χ1v) is 10.4. The van der Waals surface area contributed by atoms with Crippen LogP contribution in [-0.2, 0) is 9.59 Å². The molecule has 0 bridgehead atoms. The van der Waals surface area contributed by atoms with Gasteiger partial charge in [0.05, 0.1) is 8.07 Å². The highest BCUT2D eigenvalue weighted by atomic mass is 28.3. The van der Waals surface area contributed by atoms with E-state index >= 15 is 0 Å². The Balaban J connectivity index is 2.16. The van der Waals surface area contributed by atoms with E-state index in [0.717, 1.165) is 18.0 Å². The zero-order valence-corrected chi connectivity index (χ0v) is 12.4. The topological polar surface area (TPSA) is 34.1 Å². The summed E-state index contributed by atoms with van der Waals surface area (Å²) < 4.78 is 0. The number of carbonyl (C=O) groups is 2. The number of hydrogen-bond acceptors (Lipinski definition) is 2. The van der Waals surface area contributed by atoms with Gasteiger partial charge in [0, 0.05) is 12.8 Å². The van der Waals surface area contributed by atoms with Crippen LogP contribution in [0.4, 0.5) is 0 Å². The third kappa shape index (κ3) is 1.68. The fourth-order valence-corrected chi connectivity index (χ4v) is 6.00. The summed E-state index contributed by atoms with van der Waals surface area (Å²) in [6.45, 7) is 6.73. The summed E-state index contributed by atoms with van der Waals surface area (Å²) in [5, 5.41) is 1.14. The highest BCUT2D eigenvalue weighted by Crippen LogP contribution is 2.52. The highest BCUT2D eigenvalue weighted by molar-refractivity contribution is 6.87. The maximum absolute atomic E-state index is 12.3. The minimum Gasteiger partial charge on any atom is -0.295 e. The van der Waals surface area contributed by atoms with E-state index in [-0.39, 0.29) is 5.78 Å². The highest BCUT2D eigenvalue weighted by Gasteiger charge is 2.46. The molecule has 1 fully saturated rings. The first kappa shape index (κ1) is 12.1. The Bertz CT molecular complexity index is 505. The predicted octanol–water partition coefficient (Wildman–Crippen LogP) is 3.06. The van der Waals surface area contributed by atoms with Gasteiger partial charge in [-0.25, -0.2) is 0 Å². The maximum atomic E-state index is 12.3. The van der Waals surface area contributed by atoms with Gasteiger partial charge in [-0.15, -0.1) is 0 Å². The molecular weight excluding hydrogens is 240 g/mol. The van der Waals surface area contributed by atoms with Crippen molar-refractivity contribution in [3.8, 4) is 0 Å². The molecule has 0 aromatic carbocycles. The lowest BCUT2D eigenvalue weighted by Gasteiger charge is -2.22. The third-order valence-electron chi connectivity index (χ3n) is 4.51. The second-order valence-corrected chi connectivity index (χ2v) is 11.9. The van der Waals surface area contributed by atoms with Gasteiger partial charge in [-0.1, -0.05) is 19.6 Å². The number of rotatable bonds is 1. The number of allylic oxidation sites excluding steroid dienone is 4. The molecular formula is C15H20O2Si. The Labute approximate surface area is 109 Å². The Morgan fingerprint density at radius 3 is 2.56 bits per heavy atom. The second-order valence-electron chi connectivity index (χ2n) is 6.90. The molecule has 0 N–H and O–H groups in total. The minimum atomic E-state index is -1.59. The number of Topliss-reactive ketones (excluding diaryl/α,β-unsaturated/α-hetero) is 1. The molecule has 0 aromatic rings. The van der Waals surface area contributed by atoms with Gasteiger partial charge in [-0.05, 0) is 47.1 Å². The molecule has 3 heteroatoms. The standard InChI is InChI=1S/C15H20O2Si/c1-18(2,3)15-13(17)7-10-6-9-4-5-11(16)8-12(9)14(10)15/h8-10H,4-7H2,1-3H3/t9-,10-/m0/s1. The molecule has 0 aliphatic heterocycles. The van der Waals surface area contributed by atoms with Gasteiger partial charge < -0.3 is 0 Å². The van der Waals surface area contributed by atoms with Crippen LogP contribution in [0.25, 0.3) is 0 Å².